The van der Waals surface area contributed by atoms with Crippen molar-refractivity contribution in [2.45, 2.75) is 10.9 Å². The van der Waals surface area contributed by atoms with Crippen LogP contribution in [-0.2, 0) is 5.75 Å². The zero-order valence-electron chi connectivity index (χ0n) is 10.9. The van der Waals surface area contributed by atoms with Crippen LogP contribution in [0.5, 0.6) is 5.75 Å². The average molecular weight is 290 g/mol. The fourth-order valence-electron chi connectivity index (χ4n) is 1.60. The summed E-state index contributed by atoms with van der Waals surface area (Å²) >= 11 is 1.52. The van der Waals surface area contributed by atoms with E-state index in [0.29, 0.717) is 22.2 Å². The predicted octanol–water partition coefficient (Wildman–Crippen LogP) is 1.87. The zero-order chi connectivity index (χ0) is 14.4. The zero-order valence-corrected chi connectivity index (χ0v) is 11.7. The fraction of sp³-hybridized carbons (Fsp3) is 0.154. The van der Waals surface area contributed by atoms with Crippen LogP contribution in [0.4, 0.5) is 0 Å². The van der Waals surface area contributed by atoms with Crippen LogP contribution in [0.25, 0.3) is 0 Å². The molecule has 104 valence electrons. The van der Waals surface area contributed by atoms with Gasteiger partial charge in [-0.15, -0.1) is 0 Å². The summed E-state index contributed by atoms with van der Waals surface area (Å²) in [7, 11) is 1.54. The highest BCUT2D eigenvalue weighted by atomic mass is 32.2. The first-order valence-corrected chi connectivity index (χ1v) is 6.77. The van der Waals surface area contributed by atoms with Gasteiger partial charge in [0.15, 0.2) is 11.0 Å². The lowest BCUT2D eigenvalue weighted by atomic mass is 10.1. The Morgan fingerprint density at radius 3 is 2.80 bits per heavy atom. The molecule has 2 aromatic rings. The Balaban J connectivity index is 2.14. The van der Waals surface area contributed by atoms with E-state index in [1.165, 1.54) is 11.8 Å². The molecular formula is C13H14N4O2S. The van der Waals surface area contributed by atoms with E-state index < -0.39 is 0 Å². The van der Waals surface area contributed by atoms with E-state index >= 15 is 0 Å². The molecule has 0 aliphatic carbocycles. The summed E-state index contributed by atoms with van der Waals surface area (Å²) < 4.78 is 5.25. The van der Waals surface area contributed by atoms with Crippen molar-refractivity contribution in [2.75, 3.05) is 7.11 Å². The van der Waals surface area contributed by atoms with Gasteiger partial charge in [0.1, 0.15) is 5.75 Å². The van der Waals surface area contributed by atoms with Crippen LogP contribution < -0.4 is 10.5 Å². The lowest BCUT2D eigenvalue weighted by Gasteiger charge is -2.09. The van der Waals surface area contributed by atoms with Gasteiger partial charge >= 0.3 is 0 Å². The van der Waals surface area contributed by atoms with Crippen LogP contribution in [0.15, 0.2) is 47.0 Å². The van der Waals surface area contributed by atoms with Crippen molar-refractivity contribution in [1.82, 2.24) is 9.97 Å². The number of rotatable bonds is 5. The maximum Gasteiger partial charge on any atom is 0.187 e. The van der Waals surface area contributed by atoms with Gasteiger partial charge in [-0.25, -0.2) is 9.97 Å². The highest BCUT2D eigenvalue weighted by molar-refractivity contribution is 7.98. The van der Waals surface area contributed by atoms with E-state index in [1.54, 1.807) is 31.6 Å². The number of hydrogen-bond donors (Lipinski definition) is 2. The molecule has 1 aromatic carbocycles. The molecule has 7 heteroatoms. The summed E-state index contributed by atoms with van der Waals surface area (Å²) in [5.74, 6) is 1.29. The Labute approximate surface area is 120 Å². The van der Waals surface area contributed by atoms with Crippen molar-refractivity contribution in [3.8, 4) is 5.75 Å². The third-order valence-electron chi connectivity index (χ3n) is 2.56. The molecule has 20 heavy (non-hydrogen) atoms. The molecule has 0 spiro atoms. The normalized spacial score (nSPS) is 11.3. The Bertz CT molecular complexity index is 605. The smallest absolute Gasteiger partial charge is 0.187 e. The van der Waals surface area contributed by atoms with Crippen molar-refractivity contribution >= 4 is 17.6 Å². The number of methoxy groups -OCH3 is 1. The Morgan fingerprint density at radius 1 is 1.40 bits per heavy atom. The van der Waals surface area contributed by atoms with Crippen molar-refractivity contribution in [3.05, 3.63) is 47.8 Å². The fourth-order valence-corrected chi connectivity index (χ4v) is 2.34. The van der Waals surface area contributed by atoms with E-state index in [4.69, 9.17) is 15.7 Å². The van der Waals surface area contributed by atoms with E-state index in [9.17, 15) is 0 Å². The van der Waals surface area contributed by atoms with Gasteiger partial charge in [-0.3, -0.25) is 0 Å². The number of amidine groups is 1. The van der Waals surface area contributed by atoms with Crippen LogP contribution in [0, 0.1) is 0 Å². The van der Waals surface area contributed by atoms with E-state index in [-0.39, 0.29) is 5.84 Å². The van der Waals surface area contributed by atoms with E-state index in [2.05, 4.69) is 15.1 Å². The van der Waals surface area contributed by atoms with Crippen molar-refractivity contribution in [1.29, 1.82) is 0 Å². The van der Waals surface area contributed by atoms with E-state index in [1.807, 2.05) is 12.1 Å². The van der Waals surface area contributed by atoms with E-state index in [0.717, 1.165) is 5.56 Å². The second kappa shape index (κ2) is 6.76. The molecule has 2 rings (SSSR count). The first kappa shape index (κ1) is 14.1. The minimum atomic E-state index is 0.0208. The molecule has 0 amide bonds. The number of nitrogens with two attached hydrogens (primary N) is 1. The molecule has 0 bridgehead atoms. The van der Waals surface area contributed by atoms with Gasteiger partial charge in [0.05, 0.1) is 12.7 Å². The number of ether oxygens (including phenoxy) is 1. The monoisotopic (exact) mass is 290 g/mol. The number of thioether (sulfide) groups is 1. The Hall–Kier alpha value is -2.28. The highest BCUT2D eigenvalue weighted by Gasteiger charge is 2.09. The maximum atomic E-state index is 8.72. The molecule has 0 saturated carbocycles. The number of oxime groups is 1. The minimum absolute atomic E-state index is 0.0208. The van der Waals surface area contributed by atoms with Crippen molar-refractivity contribution < 1.29 is 9.94 Å². The Kier molecular flexibility index (Phi) is 4.78. The van der Waals surface area contributed by atoms with Crippen LogP contribution in [0.3, 0.4) is 0 Å². The molecule has 0 aliphatic rings. The van der Waals surface area contributed by atoms with Gasteiger partial charge in [0.25, 0.3) is 0 Å². The van der Waals surface area contributed by atoms with Crippen LogP contribution >= 0.6 is 11.8 Å². The average Bonchev–Trinajstić information content (AvgIpc) is 2.52. The first-order valence-electron chi connectivity index (χ1n) is 5.79. The second-order valence-electron chi connectivity index (χ2n) is 3.84. The quantitative estimate of drug-likeness (QED) is 0.218. The van der Waals surface area contributed by atoms with Gasteiger partial charge in [0, 0.05) is 18.1 Å². The second-order valence-corrected chi connectivity index (χ2v) is 4.78. The van der Waals surface area contributed by atoms with Gasteiger partial charge in [-0.1, -0.05) is 23.0 Å². The standard InChI is InChI=1S/C13H14N4O2S/c1-19-11-7-9(3-4-10(11)12(14)17-18)8-20-13-15-5-2-6-16-13/h2-7,18H,8H2,1H3,(H2,14,17). The first-order chi connectivity index (χ1) is 9.74. The summed E-state index contributed by atoms with van der Waals surface area (Å²) in [5, 5.41) is 12.4. The largest absolute Gasteiger partial charge is 0.496 e. The lowest BCUT2D eigenvalue weighted by Crippen LogP contribution is -2.14. The van der Waals surface area contributed by atoms with Crippen molar-refractivity contribution in [3.63, 3.8) is 0 Å². The molecule has 1 aromatic heterocycles. The molecular weight excluding hydrogens is 276 g/mol. The SMILES string of the molecule is COc1cc(CSc2ncccn2)ccc1/C(N)=N/O. The predicted molar refractivity (Wildman–Crippen MR) is 77.1 cm³/mol. The maximum absolute atomic E-state index is 8.72. The molecule has 0 aliphatic heterocycles. The highest BCUT2D eigenvalue weighted by Crippen LogP contribution is 2.24. The number of benzene rings is 1. The number of nitrogens with zero attached hydrogens (tertiary/aromatic N) is 3. The Morgan fingerprint density at radius 2 is 2.15 bits per heavy atom. The molecule has 6 nitrogen and oxygen atoms in total. The van der Waals surface area contributed by atoms with Crippen LogP contribution in [0.2, 0.25) is 0 Å². The molecule has 3 N–H and O–H groups in total. The topological polar surface area (TPSA) is 93.6 Å². The van der Waals surface area contributed by atoms with Gasteiger partial charge in [-0.05, 0) is 23.8 Å². The summed E-state index contributed by atoms with van der Waals surface area (Å²) in [6.45, 7) is 0. The molecule has 0 unspecified atom stereocenters. The number of hydrogen-bond acceptors (Lipinski definition) is 6. The molecule has 0 fully saturated rings. The molecule has 0 saturated heterocycles. The number of aromatic nitrogens is 2. The molecule has 1 heterocycles. The van der Waals surface area contributed by atoms with Crippen LogP contribution in [0.1, 0.15) is 11.1 Å². The summed E-state index contributed by atoms with van der Waals surface area (Å²) in [6.07, 6.45) is 3.41. The minimum Gasteiger partial charge on any atom is -0.496 e. The summed E-state index contributed by atoms with van der Waals surface area (Å²) in [5.41, 5.74) is 7.17. The third-order valence-corrected chi connectivity index (χ3v) is 3.51. The molecule has 0 atom stereocenters. The lowest BCUT2D eigenvalue weighted by molar-refractivity contribution is 0.318. The summed E-state index contributed by atoms with van der Waals surface area (Å²) in [4.78, 5) is 8.29. The summed E-state index contributed by atoms with van der Waals surface area (Å²) in [6, 6.07) is 7.28. The van der Waals surface area contributed by atoms with Gasteiger partial charge < -0.3 is 15.7 Å². The van der Waals surface area contributed by atoms with Gasteiger partial charge in [-0.2, -0.15) is 0 Å². The molecule has 0 radical (unpaired) electrons. The van der Waals surface area contributed by atoms with Crippen molar-refractivity contribution in [2.24, 2.45) is 10.9 Å². The third kappa shape index (κ3) is 3.39. The van der Waals surface area contributed by atoms with Crippen LogP contribution in [-0.4, -0.2) is 28.1 Å². The van der Waals surface area contributed by atoms with Gasteiger partial charge in [0.2, 0.25) is 0 Å².